The largest absolute Gasteiger partial charge is 0.461 e. The molecule has 8 rings (SSSR count). The molecule has 6 heterocycles. The van der Waals surface area contributed by atoms with Gasteiger partial charge >= 0.3 is 18.2 Å². The Morgan fingerprint density at radius 2 is 1.73 bits per heavy atom. The summed E-state index contributed by atoms with van der Waals surface area (Å²) in [5.74, 6) is -1.21. The summed E-state index contributed by atoms with van der Waals surface area (Å²) < 4.78 is 58.3. The van der Waals surface area contributed by atoms with Gasteiger partial charge in [-0.3, -0.25) is 10.2 Å². The van der Waals surface area contributed by atoms with E-state index >= 15 is 8.78 Å². The first-order valence-corrected chi connectivity index (χ1v) is 20.7. The molecule has 2 aromatic carbocycles. The molecule has 3 atom stereocenters. The molecular weight excluding hydrogens is 785 g/mol. The molecule has 14 nitrogen and oxygen atoms in total. The lowest BCUT2D eigenvalue weighted by Gasteiger charge is -2.42. The van der Waals surface area contributed by atoms with E-state index in [4.69, 9.17) is 28.9 Å². The number of carbonyl (C=O) groups is 2. The number of aliphatic hydroxyl groups excluding tert-OH is 1. The molecule has 0 saturated carbocycles. The number of fused-ring (bicyclic) bond motifs is 6. The second-order valence-electron chi connectivity index (χ2n) is 17.9. The number of likely N-dealkylation sites (N-methyl/N-ethyl adjacent to an activating group) is 1. The quantitative estimate of drug-likeness (QED) is 0.189. The number of aromatic nitrogens is 2. The lowest BCUT2D eigenvalue weighted by Crippen LogP contribution is -2.56. The number of aliphatic hydroxyl groups is 1. The van der Waals surface area contributed by atoms with Crippen LogP contribution in [0.4, 0.5) is 29.2 Å². The number of benzene rings is 2. The predicted molar refractivity (Wildman–Crippen MR) is 218 cm³/mol. The predicted octanol–water partition coefficient (Wildman–Crippen LogP) is 7.46. The summed E-state index contributed by atoms with van der Waals surface area (Å²) in [5.41, 5.74) is -1.64. The minimum Gasteiger partial charge on any atom is -0.461 e. The number of nitrogens with one attached hydrogen (secondary N) is 1. The Bertz CT molecular complexity index is 2390. The molecule has 2 N–H and O–H groups in total. The van der Waals surface area contributed by atoms with Gasteiger partial charge in [0.1, 0.15) is 46.0 Å². The molecule has 3 fully saturated rings. The molecule has 4 aliphatic heterocycles. The Hall–Kier alpha value is -4.89. The Morgan fingerprint density at radius 3 is 2.36 bits per heavy atom. The molecule has 3 saturated heterocycles. The van der Waals surface area contributed by atoms with Crippen LogP contribution in [0.1, 0.15) is 83.9 Å². The number of rotatable bonds is 7. The van der Waals surface area contributed by atoms with E-state index in [0.717, 1.165) is 37.1 Å². The second-order valence-corrected chi connectivity index (χ2v) is 19.0. The van der Waals surface area contributed by atoms with Crippen molar-refractivity contribution < 1.29 is 42.4 Å². The first kappa shape index (κ1) is 40.9. The number of ether oxygens (including phenoxy) is 4. The Labute approximate surface area is 345 Å². The van der Waals surface area contributed by atoms with Crippen LogP contribution in [0.25, 0.3) is 32.1 Å². The van der Waals surface area contributed by atoms with Crippen LogP contribution in [-0.4, -0.2) is 106 Å². The Morgan fingerprint density at radius 1 is 1.03 bits per heavy atom. The number of anilines is 2. The summed E-state index contributed by atoms with van der Waals surface area (Å²) in [5, 5.41) is 24.3. The number of carbonyl (C=O) groups excluding carboxylic acids is 2. The Kier molecular flexibility index (Phi) is 10.4. The number of piperazine rings is 1. The van der Waals surface area contributed by atoms with E-state index in [2.05, 4.69) is 16.3 Å². The molecule has 2 amide bonds. The lowest BCUT2D eigenvalue weighted by atomic mass is 9.90. The van der Waals surface area contributed by atoms with Gasteiger partial charge in [0.05, 0.1) is 36.3 Å². The zero-order chi connectivity index (χ0) is 42.2. The summed E-state index contributed by atoms with van der Waals surface area (Å²) in [6.07, 6.45) is 1.82. The summed E-state index contributed by atoms with van der Waals surface area (Å²) in [6.45, 7) is 11.9. The number of thiophene rings is 1. The standard InChI is InChI=1S/C42H49F2N7O7S/c1-40(2,3)57-38(53)48-36-24(15-45)29-28(59-36)12-11-27(43)32(29)30-25-18-55-19-26(25)31-34(33(30)44)46-37(56-21-42(20-52)13-8-14-49(42)7)47-35(31)51-22-9-10-23(51)17-50(16-22)39(54)58-41(4,5)6/h11-12,22-23,52H,8-10,13-14,16-21H2,1-7H3,(H,48,53). The van der Waals surface area contributed by atoms with E-state index in [9.17, 15) is 20.0 Å². The van der Waals surface area contributed by atoms with E-state index in [0.29, 0.717) is 46.5 Å². The van der Waals surface area contributed by atoms with Gasteiger partial charge in [-0.15, -0.1) is 11.3 Å². The Balaban J connectivity index is 1.30. The summed E-state index contributed by atoms with van der Waals surface area (Å²) >= 11 is 1.05. The molecule has 4 aromatic rings. The van der Waals surface area contributed by atoms with Gasteiger partial charge in [0.15, 0.2) is 5.82 Å². The lowest BCUT2D eigenvalue weighted by molar-refractivity contribution is 0.0208. The molecule has 59 heavy (non-hydrogen) atoms. The van der Waals surface area contributed by atoms with Crippen molar-refractivity contribution >= 4 is 55.3 Å². The molecule has 2 bridgehead atoms. The van der Waals surface area contributed by atoms with E-state index in [-0.39, 0.29) is 77.1 Å². The zero-order valence-corrected chi connectivity index (χ0v) is 35.1. The van der Waals surface area contributed by atoms with Gasteiger partial charge in [-0.2, -0.15) is 15.2 Å². The zero-order valence-electron chi connectivity index (χ0n) is 34.3. The molecule has 0 radical (unpaired) electrons. The average molecular weight is 834 g/mol. The SMILES string of the molecule is CN1CCCC1(CO)COc1nc(N2C3CCC2CN(C(=O)OC(C)(C)C)C3)c2c3c(c(-c4c(F)ccc5sc(NC(=O)OC(C)(C)C)c(C#N)c45)c(F)c2n1)COC3. The van der Waals surface area contributed by atoms with Gasteiger partial charge in [0.25, 0.3) is 0 Å². The van der Waals surface area contributed by atoms with Crippen LogP contribution in [-0.2, 0) is 27.4 Å². The third-order valence-electron chi connectivity index (χ3n) is 11.6. The van der Waals surface area contributed by atoms with Crippen molar-refractivity contribution in [2.24, 2.45) is 0 Å². The van der Waals surface area contributed by atoms with Crippen LogP contribution in [0, 0.1) is 23.0 Å². The molecule has 314 valence electrons. The highest BCUT2D eigenvalue weighted by Gasteiger charge is 2.46. The van der Waals surface area contributed by atoms with Crippen LogP contribution in [0.5, 0.6) is 6.01 Å². The third kappa shape index (κ3) is 7.38. The summed E-state index contributed by atoms with van der Waals surface area (Å²) in [7, 11) is 1.92. The van der Waals surface area contributed by atoms with Gasteiger partial charge in [-0.25, -0.2) is 18.4 Å². The number of hydrogen-bond acceptors (Lipinski definition) is 13. The van der Waals surface area contributed by atoms with Crippen molar-refractivity contribution in [2.45, 2.75) is 109 Å². The number of hydrogen-bond donors (Lipinski definition) is 2. The van der Waals surface area contributed by atoms with Crippen molar-refractivity contribution in [3.05, 3.63) is 40.5 Å². The van der Waals surface area contributed by atoms with Gasteiger partial charge < -0.3 is 33.9 Å². The van der Waals surface area contributed by atoms with Crippen LogP contribution in [0.3, 0.4) is 0 Å². The van der Waals surface area contributed by atoms with E-state index < -0.39 is 40.6 Å². The van der Waals surface area contributed by atoms with Crippen LogP contribution < -0.4 is 15.0 Å². The molecular formula is C42H49F2N7O7S. The number of nitrogens with zero attached hydrogens (tertiary/aromatic N) is 6. The van der Waals surface area contributed by atoms with Gasteiger partial charge in [0, 0.05) is 46.4 Å². The molecule has 4 aliphatic rings. The van der Waals surface area contributed by atoms with Crippen molar-refractivity contribution in [3.8, 4) is 23.2 Å². The van der Waals surface area contributed by atoms with E-state index in [1.165, 1.54) is 12.1 Å². The normalized spacial score (nSPS) is 21.9. The summed E-state index contributed by atoms with van der Waals surface area (Å²) in [4.78, 5) is 41.6. The van der Waals surface area contributed by atoms with Gasteiger partial charge in [-0.05, 0) is 104 Å². The maximum absolute atomic E-state index is 17.9. The highest BCUT2D eigenvalue weighted by atomic mass is 32.1. The third-order valence-corrected chi connectivity index (χ3v) is 12.7. The minimum absolute atomic E-state index is 0.0363. The second kappa shape index (κ2) is 15.0. The number of amides is 2. The number of likely N-dealkylation sites (tertiary alicyclic amines) is 2. The van der Waals surface area contributed by atoms with Gasteiger partial charge in [-0.1, -0.05) is 0 Å². The fraction of sp³-hybridized carbons (Fsp3) is 0.548. The van der Waals surface area contributed by atoms with Crippen molar-refractivity contribution in [3.63, 3.8) is 0 Å². The summed E-state index contributed by atoms with van der Waals surface area (Å²) in [6, 6.07) is 4.32. The van der Waals surface area contributed by atoms with E-state index in [1.54, 1.807) is 25.7 Å². The van der Waals surface area contributed by atoms with Crippen molar-refractivity contribution in [2.75, 3.05) is 50.1 Å². The highest BCUT2D eigenvalue weighted by Crippen LogP contribution is 2.49. The first-order chi connectivity index (χ1) is 27.9. The number of halogens is 2. The first-order valence-electron chi connectivity index (χ1n) is 19.9. The highest BCUT2D eigenvalue weighted by molar-refractivity contribution is 7.23. The average Bonchev–Trinajstić information content (AvgIpc) is 3.93. The van der Waals surface area contributed by atoms with E-state index in [1.807, 2.05) is 32.7 Å². The maximum Gasteiger partial charge on any atom is 0.412 e. The molecule has 2 aromatic heterocycles. The maximum atomic E-state index is 17.9. The fourth-order valence-electron chi connectivity index (χ4n) is 8.93. The number of nitriles is 1. The van der Waals surface area contributed by atoms with Gasteiger partial charge in [0.2, 0.25) is 0 Å². The minimum atomic E-state index is -0.851. The van der Waals surface area contributed by atoms with Crippen LogP contribution in [0.2, 0.25) is 0 Å². The molecule has 0 spiro atoms. The molecule has 0 aliphatic carbocycles. The smallest absolute Gasteiger partial charge is 0.412 e. The fourth-order valence-corrected chi connectivity index (χ4v) is 9.98. The molecule has 3 unspecified atom stereocenters. The van der Waals surface area contributed by atoms with Crippen molar-refractivity contribution in [1.82, 2.24) is 19.8 Å². The molecule has 17 heteroatoms. The monoisotopic (exact) mass is 833 g/mol. The van der Waals surface area contributed by atoms with Crippen LogP contribution >= 0.6 is 11.3 Å². The van der Waals surface area contributed by atoms with Crippen molar-refractivity contribution in [1.29, 1.82) is 5.26 Å². The van der Waals surface area contributed by atoms with Crippen LogP contribution in [0.15, 0.2) is 12.1 Å². The topological polar surface area (TPSA) is 163 Å².